The van der Waals surface area contributed by atoms with Crippen molar-refractivity contribution in [3.8, 4) is 5.88 Å². The van der Waals surface area contributed by atoms with Gasteiger partial charge in [-0.25, -0.2) is 4.98 Å². The van der Waals surface area contributed by atoms with Crippen molar-refractivity contribution in [3.05, 3.63) is 29.8 Å². The molecule has 1 fully saturated rings. The molecule has 0 radical (unpaired) electrons. The minimum Gasteiger partial charge on any atom is -0.475 e. The van der Waals surface area contributed by atoms with Crippen LogP contribution in [0.15, 0.2) is 29.8 Å². The summed E-state index contributed by atoms with van der Waals surface area (Å²) in [5, 5.41) is 2.08. The van der Waals surface area contributed by atoms with Crippen LogP contribution in [0.2, 0.25) is 0 Å². The number of fused-ring (bicyclic) bond motifs is 3. The maximum Gasteiger partial charge on any atom is 0.239 e. The van der Waals surface area contributed by atoms with Crippen LogP contribution in [0.4, 0.5) is 0 Å². The largest absolute Gasteiger partial charge is 0.475 e. The molecule has 0 amide bonds. The molecule has 0 N–H and O–H groups in total. The van der Waals surface area contributed by atoms with Gasteiger partial charge in [0.2, 0.25) is 5.88 Å². The van der Waals surface area contributed by atoms with Crippen molar-refractivity contribution in [2.45, 2.75) is 13.3 Å². The number of hydrogen-bond acceptors (Lipinski definition) is 5. The van der Waals surface area contributed by atoms with Gasteiger partial charge in [-0.3, -0.25) is 4.90 Å². The number of thiophene rings is 1. The standard InChI is InChI=1S/C18H24N4OS/c1-2-6-20-8-10-21(11-9-20)12-13-23-17-16-4-3-7-22(16)18-15(19-17)5-14-24-18/h3-5,7,14H,2,6,8-13H2,1H3. The zero-order valence-corrected chi connectivity index (χ0v) is 15.0. The van der Waals surface area contributed by atoms with Crippen LogP contribution in [0.5, 0.6) is 5.88 Å². The lowest BCUT2D eigenvalue weighted by Gasteiger charge is -2.34. The number of rotatable bonds is 6. The number of piperazine rings is 1. The molecule has 3 aromatic rings. The summed E-state index contributed by atoms with van der Waals surface area (Å²) < 4.78 is 8.22. The molecule has 1 aliphatic rings. The van der Waals surface area contributed by atoms with Crippen molar-refractivity contribution in [1.29, 1.82) is 0 Å². The van der Waals surface area contributed by atoms with Crippen LogP contribution in [-0.2, 0) is 0 Å². The Hall–Kier alpha value is -1.63. The fraction of sp³-hybridized carbons (Fsp3) is 0.500. The zero-order chi connectivity index (χ0) is 16.4. The van der Waals surface area contributed by atoms with Gasteiger partial charge in [-0.1, -0.05) is 6.92 Å². The van der Waals surface area contributed by atoms with E-state index in [-0.39, 0.29) is 0 Å². The van der Waals surface area contributed by atoms with Gasteiger partial charge in [-0.15, -0.1) is 11.3 Å². The minimum atomic E-state index is 0.692. The Bertz CT molecular complexity index is 804. The lowest BCUT2D eigenvalue weighted by atomic mass is 10.3. The first-order valence-corrected chi connectivity index (χ1v) is 9.65. The van der Waals surface area contributed by atoms with Crippen molar-refractivity contribution in [1.82, 2.24) is 19.2 Å². The van der Waals surface area contributed by atoms with Gasteiger partial charge in [-0.05, 0) is 36.5 Å². The maximum atomic E-state index is 6.05. The molecule has 0 bridgehead atoms. The average molecular weight is 344 g/mol. The summed E-state index contributed by atoms with van der Waals surface area (Å²) in [5.41, 5.74) is 2.06. The molecule has 128 valence electrons. The Morgan fingerprint density at radius 2 is 1.92 bits per heavy atom. The lowest BCUT2D eigenvalue weighted by Crippen LogP contribution is -2.47. The van der Waals surface area contributed by atoms with Crippen molar-refractivity contribution in [2.24, 2.45) is 0 Å². The van der Waals surface area contributed by atoms with Gasteiger partial charge in [0.05, 0.1) is 0 Å². The monoisotopic (exact) mass is 344 g/mol. The summed E-state index contributed by atoms with van der Waals surface area (Å²) in [4.78, 5) is 10.9. The van der Waals surface area contributed by atoms with E-state index in [0.29, 0.717) is 6.61 Å². The van der Waals surface area contributed by atoms with Gasteiger partial charge >= 0.3 is 0 Å². The quantitative estimate of drug-likeness (QED) is 0.688. The highest BCUT2D eigenvalue weighted by Gasteiger charge is 2.16. The number of ether oxygens (including phenoxy) is 1. The van der Waals surface area contributed by atoms with Crippen LogP contribution >= 0.6 is 11.3 Å². The first-order chi connectivity index (χ1) is 11.8. The van der Waals surface area contributed by atoms with E-state index in [2.05, 4.69) is 50.9 Å². The predicted molar refractivity (Wildman–Crippen MR) is 99.2 cm³/mol. The van der Waals surface area contributed by atoms with Crippen molar-refractivity contribution in [3.63, 3.8) is 0 Å². The van der Waals surface area contributed by atoms with Gasteiger partial charge < -0.3 is 14.0 Å². The highest BCUT2D eigenvalue weighted by atomic mass is 32.1. The Labute approximate surface area is 146 Å². The van der Waals surface area contributed by atoms with Crippen molar-refractivity contribution < 1.29 is 4.74 Å². The summed E-state index contributed by atoms with van der Waals surface area (Å²) in [6.07, 6.45) is 3.32. The maximum absolute atomic E-state index is 6.05. The molecule has 0 unspecified atom stereocenters. The summed E-state index contributed by atoms with van der Waals surface area (Å²) in [6, 6.07) is 6.18. The highest BCUT2D eigenvalue weighted by Crippen LogP contribution is 2.27. The summed E-state index contributed by atoms with van der Waals surface area (Å²) >= 11 is 1.71. The molecule has 5 nitrogen and oxygen atoms in total. The molecule has 0 aliphatic carbocycles. The summed E-state index contributed by atoms with van der Waals surface area (Å²) in [7, 11) is 0. The third kappa shape index (κ3) is 3.14. The van der Waals surface area contributed by atoms with E-state index in [1.165, 1.54) is 30.9 Å². The number of aromatic nitrogens is 2. The van der Waals surface area contributed by atoms with E-state index < -0.39 is 0 Å². The molecule has 0 atom stereocenters. The van der Waals surface area contributed by atoms with Gasteiger partial charge in [0.15, 0.2) is 0 Å². The molecule has 1 aliphatic heterocycles. The SMILES string of the molecule is CCCN1CCN(CCOc2nc3ccsc3n3cccc23)CC1. The van der Waals surface area contributed by atoms with E-state index in [0.717, 1.165) is 36.5 Å². The molecule has 6 heteroatoms. The second-order valence-corrected chi connectivity index (χ2v) is 7.22. The smallest absolute Gasteiger partial charge is 0.239 e. The predicted octanol–water partition coefficient (Wildman–Crippen LogP) is 2.96. The second kappa shape index (κ2) is 7.09. The average Bonchev–Trinajstić information content (AvgIpc) is 3.25. The summed E-state index contributed by atoms with van der Waals surface area (Å²) in [5.74, 6) is 0.746. The second-order valence-electron chi connectivity index (χ2n) is 6.32. The van der Waals surface area contributed by atoms with Gasteiger partial charge in [0.1, 0.15) is 22.5 Å². The van der Waals surface area contributed by atoms with Crippen LogP contribution in [0.3, 0.4) is 0 Å². The van der Waals surface area contributed by atoms with E-state index in [4.69, 9.17) is 9.72 Å². The van der Waals surface area contributed by atoms with Crippen LogP contribution < -0.4 is 4.74 Å². The first-order valence-electron chi connectivity index (χ1n) is 8.77. The first kappa shape index (κ1) is 15.9. The van der Waals surface area contributed by atoms with Crippen LogP contribution in [0, 0.1) is 0 Å². The minimum absolute atomic E-state index is 0.692. The van der Waals surface area contributed by atoms with E-state index in [9.17, 15) is 0 Å². The van der Waals surface area contributed by atoms with E-state index in [1.807, 2.05) is 0 Å². The molecule has 1 saturated heterocycles. The highest BCUT2D eigenvalue weighted by molar-refractivity contribution is 7.16. The molecule has 0 saturated carbocycles. The third-order valence-corrected chi connectivity index (χ3v) is 5.59. The number of nitrogens with zero attached hydrogens (tertiary/aromatic N) is 4. The van der Waals surface area contributed by atoms with E-state index in [1.54, 1.807) is 11.3 Å². The molecular formula is C18H24N4OS. The topological polar surface area (TPSA) is 33.0 Å². The van der Waals surface area contributed by atoms with Crippen LogP contribution in [0.1, 0.15) is 13.3 Å². The van der Waals surface area contributed by atoms with Crippen molar-refractivity contribution >= 4 is 27.2 Å². The van der Waals surface area contributed by atoms with Gasteiger partial charge in [0, 0.05) is 38.9 Å². The molecular weight excluding hydrogens is 320 g/mol. The molecule has 4 heterocycles. The van der Waals surface area contributed by atoms with Gasteiger partial charge in [-0.2, -0.15) is 0 Å². The Kier molecular flexibility index (Phi) is 4.69. The lowest BCUT2D eigenvalue weighted by molar-refractivity contribution is 0.116. The van der Waals surface area contributed by atoms with Crippen LogP contribution in [-0.4, -0.2) is 65.1 Å². The van der Waals surface area contributed by atoms with E-state index >= 15 is 0 Å². The third-order valence-electron chi connectivity index (χ3n) is 4.68. The number of hydrogen-bond donors (Lipinski definition) is 0. The molecule has 0 aromatic carbocycles. The fourth-order valence-electron chi connectivity index (χ4n) is 3.39. The zero-order valence-electron chi connectivity index (χ0n) is 14.1. The molecule has 3 aromatic heterocycles. The molecule has 24 heavy (non-hydrogen) atoms. The Balaban J connectivity index is 1.37. The molecule has 0 spiro atoms. The van der Waals surface area contributed by atoms with Gasteiger partial charge in [0.25, 0.3) is 0 Å². The normalized spacial score (nSPS) is 17.0. The van der Waals surface area contributed by atoms with Crippen molar-refractivity contribution in [2.75, 3.05) is 45.9 Å². The Morgan fingerprint density at radius 1 is 1.12 bits per heavy atom. The fourth-order valence-corrected chi connectivity index (χ4v) is 4.22. The summed E-state index contributed by atoms with van der Waals surface area (Å²) in [6.45, 7) is 9.77. The van der Waals surface area contributed by atoms with Crippen LogP contribution in [0.25, 0.3) is 15.9 Å². The Morgan fingerprint density at radius 3 is 2.71 bits per heavy atom. The molecule has 4 rings (SSSR count).